The van der Waals surface area contributed by atoms with E-state index in [4.69, 9.17) is 5.84 Å². The second-order valence-corrected chi connectivity index (χ2v) is 4.40. The third kappa shape index (κ3) is 3.15. The van der Waals surface area contributed by atoms with E-state index >= 15 is 0 Å². The van der Waals surface area contributed by atoms with Crippen molar-refractivity contribution in [2.45, 2.75) is 6.54 Å². The summed E-state index contributed by atoms with van der Waals surface area (Å²) in [6, 6.07) is 4.08. The number of nitrogens with zero attached hydrogens (tertiary/aromatic N) is 3. The molecular formula is C12H14N6O3. The van der Waals surface area contributed by atoms with Crippen molar-refractivity contribution in [3.05, 3.63) is 51.8 Å². The number of nitro groups is 1. The standard InChI is InChI=1S/C12H14N6O3/c1-17(7-8-5-14-15-6-8)12(19)9-2-3-10(16-13)11(4-9)18(20)21/h2-6,16H,7,13H2,1H3,(H,14,15). The van der Waals surface area contributed by atoms with Crippen molar-refractivity contribution >= 4 is 17.3 Å². The number of carbonyl (C=O) groups is 1. The van der Waals surface area contributed by atoms with Crippen LogP contribution in [0.1, 0.15) is 15.9 Å². The van der Waals surface area contributed by atoms with Crippen molar-refractivity contribution in [2.75, 3.05) is 12.5 Å². The third-order valence-electron chi connectivity index (χ3n) is 2.92. The fourth-order valence-corrected chi connectivity index (χ4v) is 1.87. The van der Waals surface area contributed by atoms with Gasteiger partial charge in [0.25, 0.3) is 11.6 Å². The number of hydrogen-bond donors (Lipinski definition) is 3. The van der Waals surface area contributed by atoms with E-state index in [1.54, 1.807) is 19.4 Å². The number of nitro benzene ring substituents is 1. The first-order valence-electron chi connectivity index (χ1n) is 6.01. The maximum absolute atomic E-state index is 12.3. The number of amides is 1. The van der Waals surface area contributed by atoms with Crippen LogP contribution in [0.5, 0.6) is 0 Å². The first kappa shape index (κ1) is 14.5. The average molecular weight is 290 g/mol. The zero-order chi connectivity index (χ0) is 15.4. The fraction of sp³-hybridized carbons (Fsp3) is 0.167. The molecule has 1 amide bonds. The number of nitrogen functional groups attached to an aromatic ring is 1. The Bertz CT molecular complexity index is 655. The summed E-state index contributed by atoms with van der Waals surface area (Å²) < 4.78 is 0. The molecule has 2 rings (SSSR count). The Morgan fingerprint density at radius 1 is 1.57 bits per heavy atom. The number of hydrogen-bond acceptors (Lipinski definition) is 6. The summed E-state index contributed by atoms with van der Waals surface area (Å²) in [5, 5.41) is 17.4. The average Bonchev–Trinajstić information content (AvgIpc) is 2.98. The van der Waals surface area contributed by atoms with Crippen LogP contribution in [0.2, 0.25) is 0 Å². The molecule has 0 atom stereocenters. The van der Waals surface area contributed by atoms with Crippen LogP contribution in [0.3, 0.4) is 0 Å². The Morgan fingerprint density at radius 2 is 2.33 bits per heavy atom. The third-order valence-corrected chi connectivity index (χ3v) is 2.92. The van der Waals surface area contributed by atoms with Gasteiger partial charge in [-0.2, -0.15) is 5.10 Å². The number of hydrazine groups is 1. The molecule has 0 saturated heterocycles. The molecule has 110 valence electrons. The SMILES string of the molecule is CN(Cc1cn[nH]c1)C(=O)c1ccc(NN)c([N+](=O)[O-])c1. The molecule has 0 spiro atoms. The minimum Gasteiger partial charge on any atom is -0.337 e. The van der Waals surface area contributed by atoms with Crippen molar-refractivity contribution < 1.29 is 9.72 Å². The molecule has 0 saturated carbocycles. The van der Waals surface area contributed by atoms with Gasteiger partial charge in [0.05, 0.1) is 11.1 Å². The van der Waals surface area contributed by atoms with E-state index in [2.05, 4.69) is 15.6 Å². The first-order chi connectivity index (χ1) is 10.0. The van der Waals surface area contributed by atoms with Crippen molar-refractivity contribution in [1.82, 2.24) is 15.1 Å². The van der Waals surface area contributed by atoms with Gasteiger partial charge >= 0.3 is 0 Å². The minimum atomic E-state index is -0.595. The van der Waals surface area contributed by atoms with Crippen molar-refractivity contribution in [2.24, 2.45) is 5.84 Å². The van der Waals surface area contributed by atoms with Gasteiger partial charge in [0.15, 0.2) is 0 Å². The van der Waals surface area contributed by atoms with Crippen LogP contribution in [0.4, 0.5) is 11.4 Å². The van der Waals surface area contributed by atoms with Crippen LogP contribution in [-0.4, -0.2) is 33.0 Å². The van der Waals surface area contributed by atoms with E-state index in [0.29, 0.717) is 6.54 Å². The maximum Gasteiger partial charge on any atom is 0.294 e. The quantitative estimate of drug-likeness (QED) is 0.425. The van der Waals surface area contributed by atoms with Crippen molar-refractivity contribution in [3.8, 4) is 0 Å². The maximum atomic E-state index is 12.3. The lowest BCUT2D eigenvalue weighted by Crippen LogP contribution is -2.26. The normalized spacial score (nSPS) is 10.2. The van der Waals surface area contributed by atoms with Gasteiger partial charge in [0.2, 0.25) is 0 Å². The molecule has 0 aliphatic carbocycles. The van der Waals surface area contributed by atoms with Crippen LogP contribution in [0.15, 0.2) is 30.6 Å². The summed E-state index contributed by atoms with van der Waals surface area (Å²) in [4.78, 5) is 24.1. The molecule has 21 heavy (non-hydrogen) atoms. The number of aromatic nitrogens is 2. The van der Waals surface area contributed by atoms with Gasteiger partial charge in [-0.1, -0.05) is 0 Å². The van der Waals surface area contributed by atoms with E-state index in [1.165, 1.54) is 23.1 Å². The Hall–Kier alpha value is -2.94. The predicted molar refractivity (Wildman–Crippen MR) is 75.3 cm³/mol. The lowest BCUT2D eigenvalue weighted by atomic mass is 10.1. The summed E-state index contributed by atoms with van der Waals surface area (Å²) in [5.74, 6) is 4.87. The summed E-state index contributed by atoms with van der Waals surface area (Å²) in [5.41, 5.74) is 3.18. The van der Waals surface area contributed by atoms with E-state index in [1.807, 2.05) is 0 Å². The van der Waals surface area contributed by atoms with Crippen LogP contribution < -0.4 is 11.3 Å². The topological polar surface area (TPSA) is 130 Å². The smallest absolute Gasteiger partial charge is 0.294 e. The Kier molecular flexibility index (Phi) is 4.14. The molecule has 1 aromatic heterocycles. The van der Waals surface area contributed by atoms with Gasteiger partial charge in [-0.05, 0) is 12.1 Å². The number of nitrogens with one attached hydrogen (secondary N) is 2. The Labute approximate surface area is 119 Å². The molecule has 4 N–H and O–H groups in total. The molecule has 0 aliphatic rings. The number of nitrogens with two attached hydrogens (primary N) is 1. The minimum absolute atomic E-state index is 0.147. The van der Waals surface area contributed by atoms with Gasteiger partial charge in [-0.15, -0.1) is 0 Å². The lowest BCUT2D eigenvalue weighted by molar-refractivity contribution is -0.384. The monoisotopic (exact) mass is 290 g/mol. The summed E-state index contributed by atoms with van der Waals surface area (Å²) in [7, 11) is 1.61. The van der Waals surface area contributed by atoms with Gasteiger partial charge in [-0.25, -0.2) is 0 Å². The Morgan fingerprint density at radius 3 is 2.90 bits per heavy atom. The molecular weight excluding hydrogens is 276 g/mol. The highest BCUT2D eigenvalue weighted by Crippen LogP contribution is 2.25. The van der Waals surface area contributed by atoms with E-state index in [9.17, 15) is 14.9 Å². The second kappa shape index (κ2) is 6.01. The second-order valence-electron chi connectivity index (χ2n) is 4.40. The Balaban J connectivity index is 2.22. The van der Waals surface area contributed by atoms with Crippen molar-refractivity contribution in [1.29, 1.82) is 0 Å². The predicted octanol–water partition coefficient (Wildman–Crippen LogP) is 0.876. The van der Waals surface area contributed by atoms with E-state index in [0.717, 1.165) is 5.56 Å². The number of anilines is 1. The van der Waals surface area contributed by atoms with E-state index in [-0.39, 0.29) is 22.8 Å². The van der Waals surface area contributed by atoms with Gasteiger partial charge in [0.1, 0.15) is 5.69 Å². The van der Waals surface area contributed by atoms with E-state index < -0.39 is 4.92 Å². The number of H-pyrrole nitrogens is 1. The highest BCUT2D eigenvalue weighted by molar-refractivity contribution is 5.95. The molecule has 1 aromatic carbocycles. The number of benzene rings is 1. The number of carbonyl (C=O) groups excluding carboxylic acids is 1. The van der Waals surface area contributed by atoms with Gasteiger partial charge in [-0.3, -0.25) is 25.9 Å². The molecule has 9 heteroatoms. The van der Waals surface area contributed by atoms with Crippen LogP contribution in [-0.2, 0) is 6.54 Å². The largest absolute Gasteiger partial charge is 0.337 e. The molecule has 0 unspecified atom stereocenters. The highest BCUT2D eigenvalue weighted by Gasteiger charge is 2.19. The summed E-state index contributed by atoms with van der Waals surface area (Å²) >= 11 is 0. The molecule has 1 heterocycles. The van der Waals surface area contributed by atoms with Gasteiger partial charge < -0.3 is 10.3 Å². The molecule has 0 bridgehead atoms. The molecule has 0 radical (unpaired) electrons. The first-order valence-corrected chi connectivity index (χ1v) is 6.01. The zero-order valence-electron chi connectivity index (χ0n) is 11.2. The van der Waals surface area contributed by atoms with Crippen LogP contribution in [0, 0.1) is 10.1 Å². The molecule has 0 aliphatic heterocycles. The van der Waals surface area contributed by atoms with Crippen molar-refractivity contribution in [3.63, 3.8) is 0 Å². The molecule has 2 aromatic rings. The van der Waals surface area contributed by atoms with Crippen LogP contribution >= 0.6 is 0 Å². The van der Waals surface area contributed by atoms with Gasteiger partial charge in [0, 0.05) is 37.0 Å². The molecule has 9 nitrogen and oxygen atoms in total. The number of rotatable bonds is 5. The fourth-order valence-electron chi connectivity index (χ4n) is 1.87. The summed E-state index contributed by atoms with van der Waals surface area (Å²) in [6.45, 7) is 0.347. The number of aromatic amines is 1. The molecule has 0 fully saturated rings. The lowest BCUT2D eigenvalue weighted by Gasteiger charge is -2.16. The van der Waals surface area contributed by atoms with Crippen LogP contribution in [0.25, 0.3) is 0 Å². The summed E-state index contributed by atoms with van der Waals surface area (Å²) in [6.07, 6.45) is 3.28. The highest BCUT2D eigenvalue weighted by atomic mass is 16.6. The zero-order valence-corrected chi connectivity index (χ0v) is 11.2.